The number of hydrogen-bond acceptors (Lipinski definition) is 0. The maximum absolute atomic E-state index is 2.42. The summed E-state index contributed by atoms with van der Waals surface area (Å²) < 4.78 is 0. The zero-order valence-corrected chi connectivity index (χ0v) is 11.7. The molecule has 2 rings (SSSR count). The third-order valence-electron chi connectivity index (χ3n) is 3.27. The highest BCUT2D eigenvalue weighted by molar-refractivity contribution is 5.27. The molecule has 0 atom stereocenters. The van der Waals surface area contributed by atoms with Crippen molar-refractivity contribution in [1.29, 1.82) is 0 Å². The van der Waals surface area contributed by atoms with Crippen molar-refractivity contribution in [3.8, 4) is 0 Å². The Morgan fingerprint density at radius 2 is 1.26 bits per heavy atom. The number of hydrogen-bond donors (Lipinski definition) is 0. The monoisotopic (exact) mass is 250 g/mol. The summed E-state index contributed by atoms with van der Waals surface area (Å²) in [7, 11) is 0. The van der Waals surface area contributed by atoms with Crippen LogP contribution in [0.25, 0.3) is 0 Å². The zero-order chi connectivity index (χ0) is 13.3. The van der Waals surface area contributed by atoms with Crippen LogP contribution in [0.2, 0.25) is 0 Å². The molecule has 0 saturated carbocycles. The van der Waals surface area contributed by atoms with E-state index in [2.05, 4.69) is 73.7 Å². The fourth-order valence-corrected chi connectivity index (χ4v) is 2.27. The smallest absolute Gasteiger partial charge is 0.00638 e. The van der Waals surface area contributed by atoms with E-state index in [1.54, 1.807) is 0 Å². The molecule has 0 bridgehead atoms. The zero-order valence-electron chi connectivity index (χ0n) is 11.7. The molecule has 0 unspecified atom stereocenters. The van der Waals surface area contributed by atoms with Crippen LogP contribution < -0.4 is 0 Å². The summed E-state index contributed by atoms with van der Waals surface area (Å²) in [6.45, 7) is 2.24. The molecular formula is C19H22. The molecule has 0 amide bonds. The van der Waals surface area contributed by atoms with Crippen molar-refractivity contribution in [3.63, 3.8) is 0 Å². The van der Waals surface area contributed by atoms with Gasteiger partial charge in [-0.3, -0.25) is 0 Å². The summed E-state index contributed by atoms with van der Waals surface area (Å²) in [4.78, 5) is 0. The van der Waals surface area contributed by atoms with Gasteiger partial charge in [0.05, 0.1) is 0 Å². The third kappa shape index (κ3) is 4.75. The molecule has 2 aromatic carbocycles. The maximum atomic E-state index is 2.42. The second-order valence-corrected chi connectivity index (χ2v) is 4.98. The first-order valence-corrected chi connectivity index (χ1v) is 7.14. The predicted molar refractivity (Wildman–Crippen MR) is 83.3 cm³/mol. The van der Waals surface area contributed by atoms with Gasteiger partial charge in [-0.25, -0.2) is 0 Å². The molecule has 19 heavy (non-hydrogen) atoms. The van der Waals surface area contributed by atoms with Crippen molar-refractivity contribution < 1.29 is 0 Å². The van der Waals surface area contributed by atoms with Gasteiger partial charge in [0.2, 0.25) is 0 Å². The molecule has 0 N–H and O–H groups in total. The van der Waals surface area contributed by atoms with Crippen LogP contribution in [0.5, 0.6) is 0 Å². The molecule has 0 nitrogen and oxygen atoms in total. The van der Waals surface area contributed by atoms with Gasteiger partial charge < -0.3 is 0 Å². The maximum Gasteiger partial charge on any atom is -0.00638 e. The molecule has 0 spiro atoms. The highest BCUT2D eigenvalue weighted by atomic mass is 14.1. The molecule has 0 heterocycles. The largest absolute Gasteiger partial charge is 0.0847 e. The Morgan fingerprint density at radius 3 is 1.68 bits per heavy atom. The lowest BCUT2D eigenvalue weighted by molar-refractivity contribution is 0.920. The Balaban J connectivity index is 2.08. The van der Waals surface area contributed by atoms with Gasteiger partial charge in [0.25, 0.3) is 0 Å². The van der Waals surface area contributed by atoms with E-state index in [0.29, 0.717) is 0 Å². The van der Waals surface area contributed by atoms with Gasteiger partial charge in [-0.1, -0.05) is 85.7 Å². The van der Waals surface area contributed by atoms with E-state index in [-0.39, 0.29) is 0 Å². The third-order valence-corrected chi connectivity index (χ3v) is 3.27. The van der Waals surface area contributed by atoms with Crippen LogP contribution in [0.1, 0.15) is 30.9 Å². The van der Waals surface area contributed by atoms with Gasteiger partial charge in [-0.05, 0) is 30.4 Å². The minimum absolute atomic E-state index is 1.07. The lowest BCUT2D eigenvalue weighted by atomic mass is 9.97. The van der Waals surface area contributed by atoms with E-state index in [1.165, 1.54) is 29.5 Å². The topological polar surface area (TPSA) is 0 Å². The molecule has 0 heteroatoms. The van der Waals surface area contributed by atoms with E-state index in [9.17, 15) is 0 Å². The fraction of sp³-hybridized carbons (Fsp3) is 0.263. The average molecular weight is 250 g/mol. The Labute approximate surface area is 116 Å². The second-order valence-electron chi connectivity index (χ2n) is 4.98. The molecule has 0 saturated heterocycles. The van der Waals surface area contributed by atoms with Crippen LogP contribution in [-0.2, 0) is 12.8 Å². The van der Waals surface area contributed by atoms with Gasteiger partial charge >= 0.3 is 0 Å². The summed E-state index contributed by atoms with van der Waals surface area (Å²) in [5.41, 5.74) is 4.33. The SMILES string of the molecule is CCCC=C(Cc1ccccc1)Cc1ccccc1. The molecule has 0 aliphatic heterocycles. The summed E-state index contributed by atoms with van der Waals surface area (Å²) >= 11 is 0. The lowest BCUT2D eigenvalue weighted by Gasteiger charge is -2.08. The Bertz CT molecular complexity index is 451. The van der Waals surface area contributed by atoms with Crippen LogP contribution in [0.15, 0.2) is 72.3 Å². The van der Waals surface area contributed by atoms with Gasteiger partial charge in [-0.2, -0.15) is 0 Å². The Morgan fingerprint density at radius 1 is 0.789 bits per heavy atom. The minimum Gasteiger partial charge on any atom is -0.0847 e. The van der Waals surface area contributed by atoms with Crippen molar-refractivity contribution in [2.75, 3.05) is 0 Å². The highest BCUT2D eigenvalue weighted by Crippen LogP contribution is 2.15. The summed E-state index contributed by atoms with van der Waals surface area (Å²) in [6.07, 6.45) is 6.94. The van der Waals surface area contributed by atoms with E-state index < -0.39 is 0 Å². The van der Waals surface area contributed by atoms with Crippen LogP contribution in [0.4, 0.5) is 0 Å². The van der Waals surface area contributed by atoms with Gasteiger partial charge in [0, 0.05) is 0 Å². The average Bonchev–Trinajstić information content (AvgIpc) is 2.47. The van der Waals surface area contributed by atoms with E-state index in [0.717, 1.165) is 12.8 Å². The molecule has 0 aromatic heterocycles. The van der Waals surface area contributed by atoms with Crippen LogP contribution >= 0.6 is 0 Å². The van der Waals surface area contributed by atoms with Gasteiger partial charge in [0.1, 0.15) is 0 Å². The summed E-state index contributed by atoms with van der Waals surface area (Å²) in [6, 6.07) is 21.5. The number of benzene rings is 2. The molecule has 0 aliphatic carbocycles. The van der Waals surface area contributed by atoms with Crippen LogP contribution in [-0.4, -0.2) is 0 Å². The molecule has 0 radical (unpaired) electrons. The summed E-state index contributed by atoms with van der Waals surface area (Å²) in [5.74, 6) is 0. The van der Waals surface area contributed by atoms with E-state index >= 15 is 0 Å². The summed E-state index contributed by atoms with van der Waals surface area (Å²) in [5, 5.41) is 0. The van der Waals surface area contributed by atoms with Crippen molar-refractivity contribution in [2.45, 2.75) is 32.6 Å². The fourth-order valence-electron chi connectivity index (χ4n) is 2.27. The molecule has 2 aromatic rings. The first-order valence-electron chi connectivity index (χ1n) is 7.14. The van der Waals surface area contributed by atoms with E-state index in [1.807, 2.05) is 0 Å². The van der Waals surface area contributed by atoms with Crippen molar-refractivity contribution in [2.24, 2.45) is 0 Å². The number of rotatable bonds is 6. The van der Waals surface area contributed by atoms with Gasteiger partial charge in [-0.15, -0.1) is 0 Å². The molecule has 0 aliphatic rings. The number of unbranched alkanes of at least 4 members (excludes halogenated alkanes) is 1. The normalized spacial score (nSPS) is 10.2. The van der Waals surface area contributed by atoms with Crippen LogP contribution in [0, 0.1) is 0 Å². The molecular weight excluding hydrogens is 228 g/mol. The highest BCUT2D eigenvalue weighted by Gasteiger charge is 2.01. The van der Waals surface area contributed by atoms with Crippen LogP contribution in [0.3, 0.4) is 0 Å². The first-order chi connectivity index (χ1) is 9.38. The first kappa shape index (κ1) is 13.6. The quantitative estimate of drug-likeness (QED) is 0.618. The Hall–Kier alpha value is -1.82. The predicted octanol–water partition coefficient (Wildman–Crippen LogP) is 5.20. The van der Waals surface area contributed by atoms with Gasteiger partial charge in [0.15, 0.2) is 0 Å². The molecule has 0 fully saturated rings. The Kier molecular flexibility index (Phi) is 5.43. The second kappa shape index (κ2) is 7.58. The standard InChI is InChI=1S/C19H22/c1-2-3-10-19(15-17-11-6-4-7-12-17)16-18-13-8-5-9-14-18/h4-14H,2-3,15-16H2,1H3. The van der Waals surface area contributed by atoms with Crippen molar-refractivity contribution in [3.05, 3.63) is 83.4 Å². The minimum atomic E-state index is 1.07. The number of allylic oxidation sites excluding steroid dienone is 2. The lowest BCUT2D eigenvalue weighted by Crippen LogP contribution is -1.96. The van der Waals surface area contributed by atoms with E-state index in [4.69, 9.17) is 0 Å². The van der Waals surface area contributed by atoms with Crippen molar-refractivity contribution in [1.82, 2.24) is 0 Å². The molecule has 98 valence electrons. The van der Waals surface area contributed by atoms with Crippen molar-refractivity contribution >= 4 is 0 Å².